The molecule has 3 heterocycles. The van der Waals surface area contributed by atoms with E-state index in [0.717, 1.165) is 17.7 Å². The van der Waals surface area contributed by atoms with Crippen LogP contribution in [0.5, 0.6) is 0 Å². The van der Waals surface area contributed by atoms with Gasteiger partial charge in [-0.1, -0.05) is 23.4 Å². The van der Waals surface area contributed by atoms with Crippen LogP contribution in [-0.4, -0.2) is 41.9 Å². The van der Waals surface area contributed by atoms with Gasteiger partial charge in [0.25, 0.3) is 5.91 Å². The summed E-state index contributed by atoms with van der Waals surface area (Å²) >= 11 is 1.51. The van der Waals surface area contributed by atoms with Crippen molar-refractivity contribution >= 4 is 27.3 Å². The van der Waals surface area contributed by atoms with Crippen LogP contribution < -0.4 is 5.32 Å². The van der Waals surface area contributed by atoms with Crippen molar-refractivity contribution in [3.05, 3.63) is 58.8 Å². The molecule has 1 fully saturated rings. The van der Waals surface area contributed by atoms with Gasteiger partial charge in [-0.25, -0.2) is 12.7 Å². The topological polar surface area (TPSA) is 105 Å². The molecule has 1 aromatic carbocycles. The van der Waals surface area contributed by atoms with Crippen molar-refractivity contribution in [1.29, 1.82) is 0 Å². The molecule has 1 N–H and O–H groups in total. The highest BCUT2D eigenvalue weighted by Gasteiger charge is 2.25. The predicted molar refractivity (Wildman–Crippen MR) is 109 cm³/mol. The van der Waals surface area contributed by atoms with Crippen LogP contribution in [0.15, 0.2) is 46.3 Å². The number of carbonyl (C=O) groups excluding carboxylic acids is 1. The second kappa shape index (κ2) is 8.44. The third-order valence-electron chi connectivity index (χ3n) is 4.63. The smallest absolute Gasteiger partial charge is 0.251 e. The molecule has 1 aliphatic rings. The molecule has 8 nitrogen and oxygen atoms in total. The van der Waals surface area contributed by atoms with Crippen molar-refractivity contribution in [2.75, 3.05) is 13.1 Å². The molecule has 0 saturated carbocycles. The minimum absolute atomic E-state index is 0.0532. The van der Waals surface area contributed by atoms with Crippen LogP contribution in [0.2, 0.25) is 0 Å². The van der Waals surface area contributed by atoms with Crippen molar-refractivity contribution < 1.29 is 17.7 Å². The Morgan fingerprint density at radius 2 is 1.93 bits per heavy atom. The molecule has 1 saturated heterocycles. The minimum Gasteiger partial charge on any atom is -0.343 e. The van der Waals surface area contributed by atoms with Crippen LogP contribution >= 0.6 is 11.3 Å². The number of hydrogen-bond acceptors (Lipinski definition) is 7. The molecule has 0 atom stereocenters. The Hall–Kier alpha value is -2.56. The molecule has 1 amide bonds. The van der Waals surface area contributed by atoms with E-state index in [4.69, 9.17) is 4.52 Å². The van der Waals surface area contributed by atoms with E-state index in [-0.39, 0.29) is 18.2 Å². The second-order valence-electron chi connectivity index (χ2n) is 6.73. The molecule has 10 heteroatoms. The molecule has 152 valence electrons. The maximum Gasteiger partial charge on any atom is 0.251 e. The van der Waals surface area contributed by atoms with Gasteiger partial charge >= 0.3 is 0 Å². The van der Waals surface area contributed by atoms with Crippen LogP contribution in [0, 0.1) is 0 Å². The molecule has 0 unspecified atom stereocenters. The van der Waals surface area contributed by atoms with Gasteiger partial charge in [0.1, 0.15) is 0 Å². The van der Waals surface area contributed by atoms with Crippen molar-refractivity contribution in [2.24, 2.45) is 0 Å². The molecule has 0 bridgehead atoms. The molecule has 1 aliphatic heterocycles. The fourth-order valence-corrected chi connectivity index (χ4v) is 5.37. The first kappa shape index (κ1) is 19.7. The molecule has 4 rings (SSSR count). The lowest BCUT2D eigenvalue weighted by Gasteiger charge is -2.15. The summed E-state index contributed by atoms with van der Waals surface area (Å²) in [5.74, 6) is 0.459. The van der Waals surface area contributed by atoms with E-state index in [1.165, 1.54) is 15.6 Å². The number of hydrogen-bond donors (Lipinski definition) is 1. The Bertz CT molecular complexity index is 1070. The first-order valence-electron chi connectivity index (χ1n) is 9.23. The number of aromatic nitrogens is 2. The number of nitrogens with one attached hydrogen (secondary N) is 1. The zero-order chi connectivity index (χ0) is 20.3. The summed E-state index contributed by atoms with van der Waals surface area (Å²) in [5.41, 5.74) is 1.09. The van der Waals surface area contributed by atoms with E-state index in [1.807, 2.05) is 17.5 Å². The average Bonchev–Trinajstić information content (AvgIpc) is 3.49. The summed E-state index contributed by atoms with van der Waals surface area (Å²) in [5, 5.41) is 8.55. The second-order valence-corrected chi connectivity index (χ2v) is 9.65. The highest BCUT2D eigenvalue weighted by atomic mass is 32.2. The zero-order valence-corrected chi connectivity index (χ0v) is 17.2. The normalized spacial score (nSPS) is 14.9. The monoisotopic (exact) mass is 432 g/mol. The Kier molecular flexibility index (Phi) is 5.74. The molecule has 3 aromatic rings. The van der Waals surface area contributed by atoms with Crippen molar-refractivity contribution in [3.63, 3.8) is 0 Å². The molecule has 0 spiro atoms. The van der Waals surface area contributed by atoms with E-state index in [9.17, 15) is 13.2 Å². The Morgan fingerprint density at radius 3 is 2.62 bits per heavy atom. The van der Waals surface area contributed by atoms with Gasteiger partial charge < -0.3 is 9.84 Å². The van der Waals surface area contributed by atoms with Crippen molar-refractivity contribution in [2.45, 2.75) is 25.1 Å². The molecular formula is C19H20N4O4S2. The summed E-state index contributed by atoms with van der Waals surface area (Å²) in [7, 11) is -3.30. The molecule has 0 radical (unpaired) electrons. The molecule has 2 aromatic heterocycles. The number of carbonyl (C=O) groups is 1. The van der Waals surface area contributed by atoms with Gasteiger partial charge in [-0.2, -0.15) is 4.98 Å². The summed E-state index contributed by atoms with van der Waals surface area (Å²) in [6, 6.07) is 10.4. The number of sulfonamides is 1. The average molecular weight is 433 g/mol. The highest BCUT2D eigenvalue weighted by molar-refractivity contribution is 7.88. The first-order valence-corrected chi connectivity index (χ1v) is 11.7. The van der Waals surface area contributed by atoms with E-state index in [1.54, 1.807) is 24.3 Å². The Balaban J connectivity index is 1.33. The summed E-state index contributed by atoms with van der Waals surface area (Å²) in [4.78, 5) is 17.5. The largest absolute Gasteiger partial charge is 0.343 e. The number of amides is 1. The number of rotatable bonds is 7. The summed E-state index contributed by atoms with van der Waals surface area (Å²) in [6.07, 6.45) is 1.82. The fourth-order valence-electron chi connectivity index (χ4n) is 3.11. The maximum atomic E-state index is 12.4. The summed E-state index contributed by atoms with van der Waals surface area (Å²) in [6.45, 7) is 1.29. The standard InChI is InChI=1S/C19H20N4O4S2/c24-19(20-12-17-21-18(22-27-17)16-4-3-11-28-16)15-7-5-14(6-8-15)13-29(25,26)23-9-1-2-10-23/h3-8,11H,1-2,9-10,12-13H2,(H,20,24). The van der Waals surface area contributed by atoms with Gasteiger partial charge in [-0.15, -0.1) is 11.3 Å². The van der Waals surface area contributed by atoms with Gasteiger partial charge in [0.2, 0.25) is 21.7 Å². The molecule has 29 heavy (non-hydrogen) atoms. The van der Waals surface area contributed by atoms with Crippen LogP contribution in [0.4, 0.5) is 0 Å². The van der Waals surface area contributed by atoms with Gasteiger partial charge in [-0.3, -0.25) is 4.79 Å². The predicted octanol–water partition coefficient (Wildman–Crippen LogP) is 2.65. The van der Waals surface area contributed by atoms with Crippen molar-refractivity contribution in [1.82, 2.24) is 19.8 Å². The van der Waals surface area contributed by atoms with Gasteiger partial charge in [0.15, 0.2) is 0 Å². The number of thiophene rings is 1. The van der Waals surface area contributed by atoms with E-state index >= 15 is 0 Å². The van der Waals surface area contributed by atoms with E-state index in [2.05, 4.69) is 15.5 Å². The van der Waals surface area contributed by atoms with Crippen molar-refractivity contribution in [3.8, 4) is 10.7 Å². The first-order chi connectivity index (χ1) is 14.0. The molecular weight excluding hydrogens is 412 g/mol. The lowest BCUT2D eigenvalue weighted by Crippen LogP contribution is -2.29. The van der Waals surface area contributed by atoms with Crippen LogP contribution in [0.3, 0.4) is 0 Å². The summed E-state index contributed by atoms with van der Waals surface area (Å²) < 4.78 is 31.5. The van der Waals surface area contributed by atoms with E-state index in [0.29, 0.717) is 35.9 Å². The lowest BCUT2D eigenvalue weighted by atomic mass is 10.1. The SMILES string of the molecule is O=C(NCc1nc(-c2cccs2)no1)c1ccc(CS(=O)(=O)N2CCCC2)cc1. The maximum absolute atomic E-state index is 12.4. The van der Waals surface area contributed by atoms with E-state index < -0.39 is 10.0 Å². The minimum atomic E-state index is -3.30. The quantitative estimate of drug-likeness (QED) is 0.615. The van der Waals surface area contributed by atoms with Crippen LogP contribution in [-0.2, 0) is 22.3 Å². The number of benzene rings is 1. The molecule has 0 aliphatic carbocycles. The zero-order valence-electron chi connectivity index (χ0n) is 15.6. The Morgan fingerprint density at radius 1 is 1.17 bits per heavy atom. The third-order valence-corrected chi connectivity index (χ3v) is 7.35. The van der Waals surface area contributed by atoms with Gasteiger partial charge in [0, 0.05) is 18.7 Å². The lowest BCUT2D eigenvalue weighted by molar-refractivity contribution is 0.0946. The highest BCUT2D eigenvalue weighted by Crippen LogP contribution is 2.21. The Labute approximate surface area is 172 Å². The fraction of sp³-hybridized carbons (Fsp3) is 0.316. The van der Waals surface area contributed by atoms with Crippen LogP contribution in [0.25, 0.3) is 10.7 Å². The van der Waals surface area contributed by atoms with Crippen LogP contribution in [0.1, 0.15) is 34.7 Å². The van der Waals surface area contributed by atoms with Gasteiger partial charge in [0.05, 0.1) is 17.2 Å². The number of nitrogens with zero attached hydrogens (tertiary/aromatic N) is 3. The van der Waals surface area contributed by atoms with Gasteiger partial charge in [-0.05, 0) is 42.0 Å². The third kappa shape index (κ3) is 4.72.